The number of anilines is 1. The molecule has 2 aliphatic rings. The first-order chi connectivity index (χ1) is 12.1. The Labute approximate surface area is 149 Å². The van der Waals surface area contributed by atoms with Gasteiger partial charge in [0.25, 0.3) is 0 Å². The molecule has 2 unspecified atom stereocenters. The van der Waals surface area contributed by atoms with Crippen LogP contribution < -0.4 is 10.2 Å². The Kier molecular flexibility index (Phi) is 6.04. The van der Waals surface area contributed by atoms with Crippen LogP contribution in [0, 0.1) is 17.8 Å². The number of nitrogens with one attached hydrogen (secondary N) is 1. The van der Waals surface area contributed by atoms with Crippen molar-refractivity contribution in [3.8, 4) is 0 Å². The van der Waals surface area contributed by atoms with Crippen molar-refractivity contribution in [2.75, 3.05) is 24.5 Å². The molecule has 7 nitrogen and oxygen atoms in total. The Morgan fingerprint density at radius 2 is 2.20 bits per heavy atom. The number of hydrogen-bond donors (Lipinski definition) is 1. The molecule has 1 aromatic rings. The fourth-order valence-corrected chi connectivity index (χ4v) is 3.67. The molecule has 0 radical (unpaired) electrons. The molecule has 3 rings (SSSR count). The summed E-state index contributed by atoms with van der Waals surface area (Å²) in [5.74, 6) is 2.13. The average Bonchev–Trinajstić information content (AvgIpc) is 3.09. The standard InChI is InChI=1S/C18H30N6O/c1-14(2)17(25)19-11-16-9-6-10-23(12-16)18-20-21-22-24(18)13-15-7-4-3-5-8-15/h3-4,14-16H,5-13H2,1-2H3,(H,19,25). The van der Waals surface area contributed by atoms with Crippen LogP contribution in [-0.2, 0) is 11.3 Å². The van der Waals surface area contributed by atoms with E-state index in [4.69, 9.17) is 0 Å². The van der Waals surface area contributed by atoms with Crippen molar-refractivity contribution in [1.29, 1.82) is 0 Å². The molecule has 1 aliphatic heterocycles. The highest BCUT2D eigenvalue weighted by molar-refractivity contribution is 5.77. The van der Waals surface area contributed by atoms with E-state index in [2.05, 4.69) is 37.9 Å². The van der Waals surface area contributed by atoms with Crippen molar-refractivity contribution in [2.45, 2.75) is 52.5 Å². The van der Waals surface area contributed by atoms with E-state index in [0.29, 0.717) is 11.8 Å². The second-order valence-electron chi connectivity index (χ2n) is 7.67. The number of allylic oxidation sites excluding steroid dienone is 2. The van der Waals surface area contributed by atoms with Crippen LogP contribution >= 0.6 is 0 Å². The zero-order valence-electron chi connectivity index (χ0n) is 15.4. The molecule has 25 heavy (non-hydrogen) atoms. The number of amides is 1. The lowest BCUT2D eigenvalue weighted by molar-refractivity contribution is -0.124. The average molecular weight is 346 g/mol. The van der Waals surface area contributed by atoms with E-state index in [-0.39, 0.29) is 11.8 Å². The molecule has 1 fully saturated rings. The first kappa shape index (κ1) is 17.9. The summed E-state index contributed by atoms with van der Waals surface area (Å²) >= 11 is 0. The number of aromatic nitrogens is 4. The number of carbonyl (C=O) groups excluding carboxylic acids is 1. The van der Waals surface area contributed by atoms with Crippen LogP contribution in [0.25, 0.3) is 0 Å². The first-order valence-electron chi connectivity index (χ1n) is 9.57. The zero-order chi connectivity index (χ0) is 17.6. The first-order valence-corrected chi connectivity index (χ1v) is 9.57. The maximum absolute atomic E-state index is 11.8. The molecule has 7 heteroatoms. The van der Waals surface area contributed by atoms with Gasteiger partial charge in [0, 0.05) is 32.1 Å². The van der Waals surface area contributed by atoms with Gasteiger partial charge in [0.05, 0.1) is 0 Å². The normalized spacial score (nSPS) is 23.9. The van der Waals surface area contributed by atoms with Crippen molar-refractivity contribution >= 4 is 11.9 Å². The van der Waals surface area contributed by atoms with Crippen LogP contribution in [0.4, 0.5) is 5.95 Å². The van der Waals surface area contributed by atoms with E-state index in [0.717, 1.165) is 57.8 Å². The Morgan fingerprint density at radius 3 is 2.96 bits per heavy atom. The molecule has 1 aromatic heterocycles. The number of rotatable bonds is 6. The second-order valence-corrected chi connectivity index (χ2v) is 7.67. The van der Waals surface area contributed by atoms with E-state index in [1.54, 1.807) is 0 Å². The smallest absolute Gasteiger partial charge is 0.245 e. The van der Waals surface area contributed by atoms with E-state index in [1.807, 2.05) is 18.5 Å². The number of piperidine rings is 1. The summed E-state index contributed by atoms with van der Waals surface area (Å²) in [6, 6.07) is 0. The quantitative estimate of drug-likeness (QED) is 0.798. The summed E-state index contributed by atoms with van der Waals surface area (Å²) in [4.78, 5) is 14.1. The fraction of sp³-hybridized carbons (Fsp3) is 0.778. The van der Waals surface area contributed by atoms with Crippen molar-refractivity contribution in [3.05, 3.63) is 12.2 Å². The molecule has 0 spiro atoms. The number of tetrazole rings is 1. The van der Waals surface area contributed by atoms with Crippen molar-refractivity contribution in [3.63, 3.8) is 0 Å². The summed E-state index contributed by atoms with van der Waals surface area (Å²) in [5.41, 5.74) is 0. The minimum Gasteiger partial charge on any atom is -0.356 e. The van der Waals surface area contributed by atoms with Gasteiger partial charge in [-0.3, -0.25) is 4.79 Å². The summed E-state index contributed by atoms with van der Waals surface area (Å²) in [5, 5.41) is 15.5. The van der Waals surface area contributed by atoms with Crippen LogP contribution in [0.2, 0.25) is 0 Å². The SMILES string of the molecule is CC(C)C(=O)NCC1CCCN(c2nnnn2CC2CC=CCC2)C1. The van der Waals surface area contributed by atoms with Crippen molar-refractivity contribution < 1.29 is 4.79 Å². The third-order valence-electron chi connectivity index (χ3n) is 5.21. The molecule has 2 heterocycles. The minimum absolute atomic E-state index is 0.0385. The third kappa shape index (κ3) is 4.80. The molecule has 0 aromatic carbocycles. The Balaban J connectivity index is 1.57. The van der Waals surface area contributed by atoms with Crippen LogP contribution in [0.15, 0.2) is 12.2 Å². The summed E-state index contributed by atoms with van der Waals surface area (Å²) in [7, 11) is 0. The highest BCUT2D eigenvalue weighted by atomic mass is 16.1. The van der Waals surface area contributed by atoms with Gasteiger partial charge in [-0.05, 0) is 54.4 Å². The molecule has 1 aliphatic carbocycles. The lowest BCUT2D eigenvalue weighted by Crippen LogP contribution is -2.42. The minimum atomic E-state index is 0.0385. The van der Waals surface area contributed by atoms with E-state index in [1.165, 1.54) is 6.42 Å². The summed E-state index contributed by atoms with van der Waals surface area (Å²) in [6.07, 6.45) is 10.3. The van der Waals surface area contributed by atoms with Gasteiger partial charge in [-0.25, -0.2) is 4.68 Å². The molecule has 138 valence electrons. The van der Waals surface area contributed by atoms with Gasteiger partial charge in [0.15, 0.2) is 0 Å². The van der Waals surface area contributed by atoms with Crippen LogP contribution in [0.1, 0.15) is 46.0 Å². The highest BCUT2D eigenvalue weighted by Crippen LogP contribution is 2.24. The van der Waals surface area contributed by atoms with E-state index < -0.39 is 0 Å². The number of carbonyl (C=O) groups is 1. The Morgan fingerprint density at radius 1 is 1.32 bits per heavy atom. The molecular formula is C18H30N6O. The maximum Gasteiger partial charge on any atom is 0.245 e. The van der Waals surface area contributed by atoms with E-state index >= 15 is 0 Å². The Bertz CT molecular complexity index is 596. The molecule has 2 atom stereocenters. The van der Waals surface area contributed by atoms with Crippen LogP contribution in [-0.4, -0.2) is 45.7 Å². The number of nitrogens with zero attached hydrogens (tertiary/aromatic N) is 5. The van der Waals surface area contributed by atoms with Crippen LogP contribution in [0.3, 0.4) is 0 Å². The lowest BCUT2D eigenvalue weighted by Gasteiger charge is -2.33. The predicted molar refractivity (Wildman–Crippen MR) is 97.1 cm³/mol. The molecule has 1 saturated heterocycles. The largest absolute Gasteiger partial charge is 0.356 e. The lowest BCUT2D eigenvalue weighted by atomic mass is 9.94. The highest BCUT2D eigenvalue weighted by Gasteiger charge is 2.25. The van der Waals surface area contributed by atoms with Gasteiger partial charge < -0.3 is 10.2 Å². The van der Waals surface area contributed by atoms with Crippen molar-refractivity contribution in [1.82, 2.24) is 25.5 Å². The monoisotopic (exact) mass is 346 g/mol. The van der Waals surface area contributed by atoms with E-state index in [9.17, 15) is 4.79 Å². The molecule has 0 saturated carbocycles. The molecule has 1 N–H and O–H groups in total. The number of hydrogen-bond acceptors (Lipinski definition) is 5. The zero-order valence-corrected chi connectivity index (χ0v) is 15.4. The van der Waals surface area contributed by atoms with Gasteiger partial charge in [-0.15, -0.1) is 0 Å². The summed E-state index contributed by atoms with van der Waals surface area (Å²) < 4.78 is 1.97. The second kappa shape index (κ2) is 8.45. The van der Waals surface area contributed by atoms with Gasteiger partial charge >= 0.3 is 0 Å². The van der Waals surface area contributed by atoms with Crippen LogP contribution in [0.5, 0.6) is 0 Å². The van der Waals surface area contributed by atoms with Crippen molar-refractivity contribution in [2.24, 2.45) is 17.8 Å². The Hall–Kier alpha value is -1.92. The molecular weight excluding hydrogens is 316 g/mol. The van der Waals surface area contributed by atoms with Gasteiger partial charge in [0.2, 0.25) is 11.9 Å². The third-order valence-corrected chi connectivity index (χ3v) is 5.21. The molecule has 1 amide bonds. The van der Waals surface area contributed by atoms with Gasteiger partial charge in [-0.1, -0.05) is 31.1 Å². The summed E-state index contributed by atoms with van der Waals surface area (Å²) in [6.45, 7) is 7.37. The maximum atomic E-state index is 11.8. The fourth-order valence-electron chi connectivity index (χ4n) is 3.67. The van der Waals surface area contributed by atoms with Gasteiger partial charge in [0.1, 0.15) is 0 Å². The van der Waals surface area contributed by atoms with Gasteiger partial charge in [-0.2, -0.15) is 0 Å². The topological polar surface area (TPSA) is 75.9 Å². The molecule has 0 bridgehead atoms. The predicted octanol–water partition coefficient (Wildman–Crippen LogP) is 2.02.